The van der Waals surface area contributed by atoms with Gasteiger partial charge in [-0.3, -0.25) is 0 Å². The summed E-state index contributed by atoms with van der Waals surface area (Å²) >= 11 is 0. The van der Waals surface area contributed by atoms with Crippen LogP contribution in [0.2, 0.25) is 0 Å². The Morgan fingerprint density at radius 2 is 2.08 bits per heavy atom. The van der Waals surface area contributed by atoms with Crippen molar-refractivity contribution >= 4 is 17.5 Å². The third-order valence-corrected chi connectivity index (χ3v) is 3.04. The number of nitrogen functional groups attached to an aromatic ring is 1. The molecular weight excluding hydrogens is 329 g/mol. The maximum atomic E-state index is 13.1. The molecule has 0 aliphatic rings. The second-order valence-corrected chi connectivity index (χ2v) is 4.83. The second-order valence-electron chi connectivity index (χ2n) is 4.83. The summed E-state index contributed by atoms with van der Waals surface area (Å²) in [5.74, 6) is -0.392. The van der Waals surface area contributed by atoms with Gasteiger partial charge in [0.2, 0.25) is 5.95 Å². The lowest BCUT2D eigenvalue weighted by Crippen LogP contribution is -2.10. The fourth-order valence-corrected chi connectivity index (χ4v) is 1.85. The summed E-state index contributed by atoms with van der Waals surface area (Å²) in [6.07, 6.45) is 0.969. The first-order valence-electron chi connectivity index (χ1n) is 7.42. The van der Waals surface area contributed by atoms with Crippen molar-refractivity contribution in [2.24, 2.45) is 0 Å². The number of rotatable bonds is 9. The third kappa shape index (κ3) is 5.56. The van der Waals surface area contributed by atoms with Crippen LogP contribution in [0.5, 0.6) is 5.75 Å². The van der Waals surface area contributed by atoms with Gasteiger partial charge in [0.1, 0.15) is 18.4 Å². The molecule has 0 aliphatic heterocycles. The minimum absolute atomic E-state index is 0.128. The number of nitrogens with one attached hydrogen (secondary N) is 1. The molecular formula is C16H18FN5O3. The van der Waals surface area contributed by atoms with Crippen LogP contribution in [-0.2, 0) is 9.47 Å². The van der Waals surface area contributed by atoms with Crippen LogP contribution in [0.25, 0.3) is 0 Å². The fraction of sp³-hybridized carbons (Fsp3) is 0.312. The summed E-state index contributed by atoms with van der Waals surface area (Å²) < 4.78 is 28.8. The lowest BCUT2D eigenvalue weighted by atomic mass is 10.2. The SMILES string of the molecule is COCCOCCOc1ccc(Nc2ncc(F)c(N)n2)cc1C#N. The Kier molecular flexibility index (Phi) is 6.88. The lowest BCUT2D eigenvalue weighted by Gasteiger charge is -2.11. The number of hydrogen-bond acceptors (Lipinski definition) is 8. The molecule has 1 aromatic carbocycles. The van der Waals surface area contributed by atoms with Crippen LogP contribution >= 0.6 is 0 Å². The Balaban J connectivity index is 1.96. The largest absolute Gasteiger partial charge is 0.490 e. The Bertz CT molecular complexity index is 751. The van der Waals surface area contributed by atoms with Crippen LogP contribution < -0.4 is 15.8 Å². The van der Waals surface area contributed by atoms with Crippen molar-refractivity contribution in [2.45, 2.75) is 0 Å². The lowest BCUT2D eigenvalue weighted by molar-refractivity contribution is 0.0544. The standard InChI is InChI=1S/C16H18FN5O3/c1-23-4-5-24-6-7-25-14-3-2-12(8-11(14)9-18)21-16-20-10-13(17)15(19)22-16/h2-3,8,10H,4-7H2,1H3,(H3,19,20,21,22). The number of methoxy groups -OCH3 is 1. The maximum Gasteiger partial charge on any atom is 0.229 e. The zero-order chi connectivity index (χ0) is 18.1. The van der Waals surface area contributed by atoms with E-state index in [0.717, 1.165) is 6.20 Å². The molecule has 1 aromatic heterocycles. The first kappa shape index (κ1) is 18.4. The first-order valence-corrected chi connectivity index (χ1v) is 7.42. The van der Waals surface area contributed by atoms with E-state index in [-0.39, 0.29) is 11.8 Å². The summed E-state index contributed by atoms with van der Waals surface area (Å²) in [4.78, 5) is 7.55. The van der Waals surface area contributed by atoms with E-state index in [9.17, 15) is 9.65 Å². The van der Waals surface area contributed by atoms with Gasteiger partial charge in [-0.25, -0.2) is 9.37 Å². The molecule has 0 radical (unpaired) electrons. The number of hydrogen-bond donors (Lipinski definition) is 2. The zero-order valence-corrected chi connectivity index (χ0v) is 13.7. The summed E-state index contributed by atoms with van der Waals surface area (Å²) in [7, 11) is 1.60. The van der Waals surface area contributed by atoms with E-state index in [0.29, 0.717) is 43.4 Å². The number of benzene rings is 1. The van der Waals surface area contributed by atoms with E-state index in [1.54, 1.807) is 25.3 Å². The maximum absolute atomic E-state index is 13.1. The summed E-state index contributed by atoms with van der Waals surface area (Å²) in [6, 6.07) is 6.95. The highest BCUT2D eigenvalue weighted by molar-refractivity contribution is 5.60. The molecule has 3 N–H and O–H groups in total. The molecule has 2 aromatic rings. The van der Waals surface area contributed by atoms with Gasteiger partial charge in [-0.15, -0.1) is 0 Å². The third-order valence-electron chi connectivity index (χ3n) is 3.04. The molecule has 25 heavy (non-hydrogen) atoms. The van der Waals surface area contributed by atoms with Gasteiger partial charge in [0, 0.05) is 12.8 Å². The highest BCUT2D eigenvalue weighted by atomic mass is 19.1. The molecule has 9 heteroatoms. The van der Waals surface area contributed by atoms with Crippen LogP contribution in [-0.4, -0.2) is 43.5 Å². The fourth-order valence-electron chi connectivity index (χ4n) is 1.85. The molecule has 0 saturated carbocycles. The van der Waals surface area contributed by atoms with Crippen LogP contribution in [0, 0.1) is 17.1 Å². The molecule has 8 nitrogen and oxygen atoms in total. The molecule has 0 atom stereocenters. The number of nitriles is 1. The van der Waals surface area contributed by atoms with Crippen molar-refractivity contribution in [1.29, 1.82) is 5.26 Å². The quantitative estimate of drug-likeness (QED) is 0.660. The van der Waals surface area contributed by atoms with Gasteiger partial charge in [0.15, 0.2) is 11.6 Å². The predicted octanol–water partition coefficient (Wildman–Crippen LogP) is 1.85. The minimum Gasteiger partial charge on any atom is -0.490 e. The number of nitrogens with two attached hydrogens (primary N) is 1. The summed E-state index contributed by atoms with van der Waals surface area (Å²) in [6.45, 7) is 1.69. The van der Waals surface area contributed by atoms with E-state index in [1.165, 1.54) is 0 Å². The highest BCUT2D eigenvalue weighted by Gasteiger charge is 2.08. The zero-order valence-electron chi connectivity index (χ0n) is 13.7. The number of nitrogens with zero attached hydrogens (tertiary/aromatic N) is 3. The van der Waals surface area contributed by atoms with Gasteiger partial charge in [0.05, 0.1) is 31.6 Å². The molecule has 0 unspecified atom stereocenters. The van der Waals surface area contributed by atoms with Crippen molar-refractivity contribution in [3.8, 4) is 11.8 Å². The van der Waals surface area contributed by atoms with E-state index in [2.05, 4.69) is 21.4 Å². The van der Waals surface area contributed by atoms with Gasteiger partial charge < -0.3 is 25.3 Å². The number of halogens is 1. The Morgan fingerprint density at radius 3 is 2.80 bits per heavy atom. The minimum atomic E-state index is -0.695. The van der Waals surface area contributed by atoms with Gasteiger partial charge in [-0.1, -0.05) is 0 Å². The second kappa shape index (κ2) is 9.36. The van der Waals surface area contributed by atoms with Crippen LogP contribution in [0.3, 0.4) is 0 Å². The molecule has 1 heterocycles. The molecule has 0 aliphatic carbocycles. The van der Waals surface area contributed by atoms with E-state index in [1.807, 2.05) is 0 Å². The summed E-state index contributed by atoms with van der Waals surface area (Å²) in [5.41, 5.74) is 6.27. The van der Waals surface area contributed by atoms with Gasteiger partial charge >= 0.3 is 0 Å². The smallest absolute Gasteiger partial charge is 0.229 e. The van der Waals surface area contributed by atoms with Crippen molar-refractivity contribution in [3.63, 3.8) is 0 Å². The molecule has 2 rings (SSSR count). The van der Waals surface area contributed by atoms with Crippen LogP contribution in [0.1, 0.15) is 5.56 Å². The van der Waals surface area contributed by atoms with Gasteiger partial charge in [-0.2, -0.15) is 10.2 Å². The molecule has 0 bridgehead atoms. The Morgan fingerprint density at radius 1 is 1.28 bits per heavy atom. The normalized spacial score (nSPS) is 10.3. The van der Waals surface area contributed by atoms with Gasteiger partial charge in [-0.05, 0) is 18.2 Å². The average molecular weight is 347 g/mol. The van der Waals surface area contributed by atoms with Crippen LogP contribution in [0.15, 0.2) is 24.4 Å². The van der Waals surface area contributed by atoms with Crippen molar-refractivity contribution in [1.82, 2.24) is 9.97 Å². The van der Waals surface area contributed by atoms with Gasteiger partial charge in [0.25, 0.3) is 0 Å². The molecule has 0 amide bonds. The predicted molar refractivity (Wildman–Crippen MR) is 89.0 cm³/mol. The Labute approximate surface area is 144 Å². The first-order chi connectivity index (χ1) is 12.1. The number of anilines is 3. The van der Waals surface area contributed by atoms with E-state index < -0.39 is 5.82 Å². The molecule has 0 spiro atoms. The number of aromatic nitrogens is 2. The topological polar surface area (TPSA) is 115 Å². The highest BCUT2D eigenvalue weighted by Crippen LogP contribution is 2.24. The van der Waals surface area contributed by atoms with Crippen molar-refractivity contribution in [3.05, 3.63) is 35.8 Å². The van der Waals surface area contributed by atoms with E-state index in [4.69, 9.17) is 19.9 Å². The van der Waals surface area contributed by atoms with E-state index >= 15 is 0 Å². The van der Waals surface area contributed by atoms with Crippen molar-refractivity contribution < 1.29 is 18.6 Å². The molecule has 132 valence electrons. The molecule has 0 saturated heterocycles. The monoisotopic (exact) mass is 347 g/mol. The average Bonchev–Trinajstić information content (AvgIpc) is 2.62. The van der Waals surface area contributed by atoms with Crippen molar-refractivity contribution in [2.75, 3.05) is 44.6 Å². The summed E-state index contributed by atoms with van der Waals surface area (Å²) in [5, 5.41) is 12.1. The Hall–Kier alpha value is -2.96. The number of ether oxygens (including phenoxy) is 3. The molecule has 0 fully saturated rings. The van der Waals surface area contributed by atoms with Crippen LogP contribution in [0.4, 0.5) is 21.8 Å².